The summed E-state index contributed by atoms with van der Waals surface area (Å²) in [6.07, 6.45) is 0. The molecule has 0 aliphatic carbocycles. The summed E-state index contributed by atoms with van der Waals surface area (Å²) in [6, 6.07) is 0. The molecule has 0 fully saturated rings. The second-order valence-corrected chi connectivity index (χ2v) is 3.16. The lowest BCUT2D eigenvalue weighted by Gasteiger charge is -1.96. The Morgan fingerprint density at radius 3 is 2.71 bits per heavy atom. The molecule has 2 heterocycles. The van der Waals surface area contributed by atoms with Gasteiger partial charge in [-0.05, 0) is 6.92 Å². The van der Waals surface area contributed by atoms with Crippen LogP contribution < -0.4 is 5.73 Å². The number of H-pyrrole nitrogens is 1. The molecule has 0 aliphatic heterocycles. The molecule has 0 amide bonds. The maximum absolute atomic E-state index is 10.8. The molecular weight excluding hydrogens is 228 g/mol. The number of aromatic nitrogens is 5. The van der Waals surface area contributed by atoms with Crippen LogP contribution in [0.25, 0.3) is 5.69 Å². The molecule has 10 nitrogen and oxygen atoms in total. The van der Waals surface area contributed by atoms with Gasteiger partial charge >= 0.3 is 5.97 Å². The first-order valence-corrected chi connectivity index (χ1v) is 4.43. The van der Waals surface area contributed by atoms with Crippen molar-refractivity contribution >= 4 is 17.6 Å². The Labute approximate surface area is 93.9 Å². The molecule has 5 N–H and O–H groups in total. The molecule has 10 heteroatoms. The average Bonchev–Trinajstić information content (AvgIpc) is 2.82. The van der Waals surface area contributed by atoms with Crippen LogP contribution in [0.5, 0.6) is 0 Å². The normalized spacial score (nSPS) is 10.4. The maximum Gasteiger partial charge on any atom is 0.360 e. The lowest BCUT2D eigenvalue weighted by Crippen LogP contribution is -2.05. The molecule has 2 aromatic rings. The van der Waals surface area contributed by atoms with Gasteiger partial charge in [0.1, 0.15) is 0 Å². The van der Waals surface area contributed by atoms with Crippen LogP contribution in [0.15, 0.2) is 5.11 Å². The topological polar surface area (TPSA) is 159 Å². The lowest BCUT2D eigenvalue weighted by molar-refractivity contribution is 0.0690. The number of nitrogens with one attached hydrogen (secondary N) is 2. The highest BCUT2D eigenvalue weighted by Crippen LogP contribution is 2.20. The van der Waals surface area contributed by atoms with E-state index in [4.69, 9.17) is 16.4 Å². The lowest BCUT2D eigenvalue weighted by atomic mass is 10.4. The van der Waals surface area contributed by atoms with Crippen molar-refractivity contribution in [3.63, 3.8) is 0 Å². The zero-order valence-electron chi connectivity index (χ0n) is 8.67. The Bertz CT molecular complexity index is 578. The Hall–Kier alpha value is -2.78. The Morgan fingerprint density at radius 2 is 2.29 bits per heavy atom. The van der Waals surface area contributed by atoms with Gasteiger partial charge in [-0.2, -0.15) is 5.10 Å². The van der Waals surface area contributed by atoms with Crippen molar-refractivity contribution in [2.24, 2.45) is 5.11 Å². The molecular formula is C7H8N8O2. The molecule has 0 bridgehead atoms. The van der Waals surface area contributed by atoms with Crippen molar-refractivity contribution in [1.29, 1.82) is 5.53 Å². The molecule has 88 valence electrons. The fourth-order valence-electron chi connectivity index (χ4n) is 1.31. The number of aryl methyl sites for hydroxylation is 1. The van der Waals surface area contributed by atoms with Crippen LogP contribution in [0.1, 0.15) is 16.2 Å². The van der Waals surface area contributed by atoms with Gasteiger partial charge in [0.15, 0.2) is 11.5 Å². The maximum atomic E-state index is 10.8. The number of hydrogen-bond donors (Lipinski definition) is 4. The third-order valence-electron chi connectivity index (χ3n) is 2.05. The first kappa shape index (κ1) is 10.7. The van der Waals surface area contributed by atoms with E-state index in [0.717, 1.165) is 4.80 Å². The van der Waals surface area contributed by atoms with E-state index in [1.165, 1.54) is 0 Å². The number of aromatic carboxylic acids is 1. The number of rotatable bonds is 3. The second kappa shape index (κ2) is 3.66. The second-order valence-electron chi connectivity index (χ2n) is 3.16. The van der Waals surface area contributed by atoms with Gasteiger partial charge in [0, 0.05) is 0 Å². The Kier molecular flexibility index (Phi) is 2.31. The summed E-state index contributed by atoms with van der Waals surface area (Å²) < 4.78 is 0. The van der Waals surface area contributed by atoms with Crippen molar-refractivity contribution < 1.29 is 9.90 Å². The number of nitrogen functional groups attached to an aromatic ring is 1. The zero-order valence-corrected chi connectivity index (χ0v) is 8.67. The minimum atomic E-state index is -1.32. The zero-order chi connectivity index (χ0) is 12.6. The fourth-order valence-corrected chi connectivity index (χ4v) is 1.31. The number of aromatic amines is 1. The molecule has 0 unspecified atom stereocenters. The predicted octanol–water partition coefficient (Wildman–Crippen LogP) is 0.242. The summed E-state index contributed by atoms with van der Waals surface area (Å²) in [7, 11) is 0. The van der Waals surface area contributed by atoms with Crippen molar-refractivity contribution in [2.75, 3.05) is 5.73 Å². The fraction of sp³-hybridized carbons (Fsp3) is 0.143. The minimum Gasteiger partial charge on any atom is -0.476 e. The molecule has 0 saturated heterocycles. The predicted molar refractivity (Wildman–Crippen MR) is 54.4 cm³/mol. The number of nitrogens with two attached hydrogens (primary N) is 1. The highest BCUT2D eigenvalue weighted by atomic mass is 16.4. The van der Waals surface area contributed by atoms with E-state index in [1.54, 1.807) is 6.92 Å². The van der Waals surface area contributed by atoms with Crippen LogP contribution in [0, 0.1) is 12.5 Å². The summed E-state index contributed by atoms with van der Waals surface area (Å²) in [6.45, 7) is 1.68. The van der Waals surface area contributed by atoms with Gasteiger partial charge in [0.05, 0.1) is 5.69 Å². The summed E-state index contributed by atoms with van der Waals surface area (Å²) in [4.78, 5) is 11.8. The number of hydrogen-bond acceptors (Lipinski definition) is 7. The van der Waals surface area contributed by atoms with E-state index in [2.05, 4.69) is 25.5 Å². The van der Waals surface area contributed by atoms with Crippen LogP contribution in [0.4, 0.5) is 11.6 Å². The summed E-state index contributed by atoms with van der Waals surface area (Å²) in [5.74, 6) is -1.48. The highest BCUT2D eigenvalue weighted by molar-refractivity contribution is 5.89. The number of carboxylic acids is 1. The molecule has 2 aromatic heterocycles. The van der Waals surface area contributed by atoms with E-state index >= 15 is 0 Å². The van der Waals surface area contributed by atoms with E-state index in [0.29, 0.717) is 11.4 Å². The Morgan fingerprint density at radius 1 is 1.59 bits per heavy atom. The van der Waals surface area contributed by atoms with E-state index in [1.807, 2.05) is 0 Å². The number of nitrogens with zero attached hydrogens (tertiary/aromatic N) is 5. The molecule has 0 atom stereocenters. The smallest absolute Gasteiger partial charge is 0.360 e. The first-order chi connectivity index (χ1) is 8.04. The van der Waals surface area contributed by atoms with Crippen LogP contribution in [0.2, 0.25) is 0 Å². The van der Waals surface area contributed by atoms with Gasteiger partial charge in [0.25, 0.3) is 0 Å². The van der Waals surface area contributed by atoms with Crippen molar-refractivity contribution in [3.8, 4) is 5.69 Å². The average molecular weight is 236 g/mol. The molecule has 0 spiro atoms. The minimum absolute atomic E-state index is 0.131. The SMILES string of the molecule is Cc1[nH]nc(N)c1-n1nc(N=N)c(C(=O)O)n1. The Balaban J connectivity index is 2.62. The van der Waals surface area contributed by atoms with Gasteiger partial charge in [0.2, 0.25) is 11.5 Å². The summed E-state index contributed by atoms with van der Waals surface area (Å²) in [5.41, 5.74) is 12.9. The quantitative estimate of drug-likeness (QED) is 0.558. The standard InChI is InChI=1S/C7H8N8O2/c1-2-4(5(8)12-11-2)15-13-3(7(16)17)6(10-9)14-15/h9H,1H3,(H,16,17)(H3,8,11,12). The molecule has 0 saturated carbocycles. The summed E-state index contributed by atoms with van der Waals surface area (Å²) in [5, 5.41) is 25.6. The molecule has 2 rings (SSSR count). The van der Waals surface area contributed by atoms with E-state index < -0.39 is 11.7 Å². The summed E-state index contributed by atoms with van der Waals surface area (Å²) >= 11 is 0. The number of anilines is 1. The van der Waals surface area contributed by atoms with Crippen LogP contribution >= 0.6 is 0 Å². The van der Waals surface area contributed by atoms with Gasteiger partial charge in [-0.15, -0.1) is 20.1 Å². The van der Waals surface area contributed by atoms with Gasteiger partial charge < -0.3 is 10.8 Å². The monoisotopic (exact) mass is 236 g/mol. The molecule has 0 aliphatic rings. The van der Waals surface area contributed by atoms with Crippen LogP contribution in [0.3, 0.4) is 0 Å². The first-order valence-electron chi connectivity index (χ1n) is 4.43. The van der Waals surface area contributed by atoms with Gasteiger partial charge in [-0.25, -0.2) is 10.3 Å². The van der Waals surface area contributed by atoms with Crippen molar-refractivity contribution in [2.45, 2.75) is 6.92 Å². The third-order valence-corrected chi connectivity index (χ3v) is 2.05. The van der Waals surface area contributed by atoms with Gasteiger partial charge in [-0.3, -0.25) is 5.10 Å². The number of carbonyl (C=O) groups is 1. The van der Waals surface area contributed by atoms with E-state index in [9.17, 15) is 4.79 Å². The number of carboxylic acid groups (broad SMARTS) is 1. The van der Waals surface area contributed by atoms with Crippen LogP contribution in [-0.4, -0.2) is 36.3 Å². The van der Waals surface area contributed by atoms with Gasteiger partial charge in [-0.1, -0.05) is 0 Å². The van der Waals surface area contributed by atoms with Crippen molar-refractivity contribution in [3.05, 3.63) is 11.4 Å². The molecule has 0 aromatic carbocycles. The van der Waals surface area contributed by atoms with Crippen molar-refractivity contribution in [1.82, 2.24) is 25.2 Å². The van der Waals surface area contributed by atoms with E-state index in [-0.39, 0.29) is 11.6 Å². The third kappa shape index (κ3) is 1.60. The molecule has 17 heavy (non-hydrogen) atoms. The largest absolute Gasteiger partial charge is 0.476 e. The van der Waals surface area contributed by atoms with Crippen LogP contribution in [-0.2, 0) is 0 Å². The molecule has 0 radical (unpaired) electrons. The highest BCUT2D eigenvalue weighted by Gasteiger charge is 2.21.